The molecule has 0 radical (unpaired) electrons. The Hall–Kier alpha value is -2.63. The van der Waals surface area contributed by atoms with Crippen LogP contribution in [0.5, 0.6) is 5.75 Å². The molecule has 1 aromatic heterocycles. The van der Waals surface area contributed by atoms with Gasteiger partial charge in [0.1, 0.15) is 11.4 Å². The fourth-order valence-corrected chi connectivity index (χ4v) is 2.76. The Morgan fingerprint density at radius 2 is 2.05 bits per heavy atom. The molecule has 0 unspecified atom stereocenters. The smallest absolute Gasteiger partial charge is 0.354 e. The van der Waals surface area contributed by atoms with Crippen molar-refractivity contribution >= 4 is 11.8 Å². The van der Waals surface area contributed by atoms with E-state index in [4.69, 9.17) is 4.74 Å². The van der Waals surface area contributed by atoms with E-state index in [0.29, 0.717) is 37.1 Å². The zero-order chi connectivity index (χ0) is 15.7. The summed E-state index contributed by atoms with van der Waals surface area (Å²) in [5.41, 5.74) is 1.91. The number of ketones is 1. The van der Waals surface area contributed by atoms with Gasteiger partial charge in [0, 0.05) is 12.0 Å². The van der Waals surface area contributed by atoms with E-state index in [1.807, 2.05) is 24.3 Å². The number of carbonyl (C=O) groups excluding carboxylic acids is 1. The second-order valence-corrected chi connectivity index (χ2v) is 5.26. The van der Waals surface area contributed by atoms with Crippen molar-refractivity contribution in [2.45, 2.75) is 25.8 Å². The molecule has 0 spiro atoms. The van der Waals surface area contributed by atoms with Gasteiger partial charge in [-0.25, -0.2) is 4.79 Å². The second-order valence-electron chi connectivity index (χ2n) is 5.26. The summed E-state index contributed by atoms with van der Waals surface area (Å²) in [5, 5.41) is 13.7. The first-order valence-corrected chi connectivity index (χ1v) is 7.09. The number of nitrogens with zero attached hydrogens (tertiary/aromatic N) is 2. The van der Waals surface area contributed by atoms with Gasteiger partial charge in [-0.05, 0) is 30.5 Å². The summed E-state index contributed by atoms with van der Waals surface area (Å²) in [5.74, 6) is -0.383. The van der Waals surface area contributed by atoms with Gasteiger partial charge in [0.15, 0.2) is 11.5 Å². The largest absolute Gasteiger partial charge is 0.497 e. The van der Waals surface area contributed by atoms with E-state index in [9.17, 15) is 14.7 Å². The van der Waals surface area contributed by atoms with Crippen molar-refractivity contribution in [3.63, 3.8) is 0 Å². The normalized spacial score (nSPS) is 13.8. The lowest BCUT2D eigenvalue weighted by molar-refractivity contribution is 0.0682. The minimum atomic E-state index is -1.04. The third-order valence-corrected chi connectivity index (χ3v) is 3.84. The molecule has 1 aromatic carbocycles. The van der Waals surface area contributed by atoms with Gasteiger partial charge in [-0.3, -0.25) is 9.48 Å². The number of benzene rings is 1. The summed E-state index contributed by atoms with van der Waals surface area (Å²) in [4.78, 5) is 23.5. The van der Waals surface area contributed by atoms with E-state index in [0.717, 1.165) is 11.3 Å². The van der Waals surface area contributed by atoms with E-state index < -0.39 is 5.97 Å². The number of methoxy groups -OCH3 is 1. The van der Waals surface area contributed by atoms with Gasteiger partial charge >= 0.3 is 5.97 Å². The monoisotopic (exact) mass is 300 g/mol. The molecular weight excluding hydrogens is 284 g/mol. The first-order valence-electron chi connectivity index (χ1n) is 7.09. The summed E-state index contributed by atoms with van der Waals surface area (Å²) in [6.45, 7) is 0.311. The minimum absolute atomic E-state index is 0.0720. The number of Topliss-reactive ketones (excluding diaryl/α,β-unsaturated/α-hetero) is 1. The van der Waals surface area contributed by atoms with Crippen molar-refractivity contribution in [3.8, 4) is 5.75 Å². The molecule has 0 fully saturated rings. The van der Waals surface area contributed by atoms with E-state index in [-0.39, 0.29) is 11.5 Å². The predicted molar refractivity (Wildman–Crippen MR) is 78.6 cm³/mol. The molecule has 0 atom stereocenters. The number of hydrogen-bond donors (Lipinski definition) is 1. The molecule has 1 aliphatic rings. The van der Waals surface area contributed by atoms with Crippen LogP contribution in [0.2, 0.25) is 0 Å². The van der Waals surface area contributed by atoms with Crippen molar-refractivity contribution in [1.29, 1.82) is 0 Å². The van der Waals surface area contributed by atoms with Gasteiger partial charge < -0.3 is 9.84 Å². The van der Waals surface area contributed by atoms with Gasteiger partial charge in [0.25, 0.3) is 0 Å². The van der Waals surface area contributed by atoms with Crippen LogP contribution < -0.4 is 4.74 Å². The first kappa shape index (κ1) is 14.3. The SMILES string of the molecule is COc1ccc(Cn2nc3c(c2C(=O)O)CCCC3=O)cc1. The number of hydrogen-bond acceptors (Lipinski definition) is 4. The number of fused-ring (bicyclic) bond motifs is 1. The fraction of sp³-hybridized carbons (Fsp3) is 0.312. The van der Waals surface area contributed by atoms with E-state index in [2.05, 4.69) is 5.10 Å². The highest BCUT2D eigenvalue weighted by atomic mass is 16.5. The van der Waals surface area contributed by atoms with Crippen molar-refractivity contribution in [2.75, 3.05) is 7.11 Å². The lowest BCUT2D eigenvalue weighted by atomic mass is 9.95. The van der Waals surface area contributed by atoms with Crippen molar-refractivity contribution in [2.24, 2.45) is 0 Å². The van der Waals surface area contributed by atoms with E-state index in [1.54, 1.807) is 7.11 Å². The van der Waals surface area contributed by atoms with Crippen LogP contribution in [0.15, 0.2) is 24.3 Å². The van der Waals surface area contributed by atoms with Crippen LogP contribution in [0.1, 0.15) is 44.9 Å². The maximum Gasteiger partial charge on any atom is 0.354 e. The predicted octanol–water partition coefficient (Wildman–Crippen LogP) is 2.16. The Morgan fingerprint density at radius 3 is 2.68 bits per heavy atom. The molecule has 1 heterocycles. The number of carboxylic acids is 1. The lowest BCUT2D eigenvalue weighted by Crippen LogP contribution is -2.13. The van der Waals surface area contributed by atoms with Crippen LogP contribution in [0.3, 0.4) is 0 Å². The molecule has 0 saturated carbocycles. The van der Waals surface area contributed by atoms with Gasteiger partial charge in [-0.15, -0.1) is 0 Å². The quantitative estimate of drug-likeness (QED) is 0.935. The average molecular weight is 300 g/mol. The summed E-state index contributed by atoms with van der Waals surface area (Å²) in [6.07, 6.45) is 1.71. The minimum Gasteiger partial charge on any atom is -0.497 e. The van der Waals surface area contributed by atoms with Crippen LogP contribution in [-0.4, -0.2) is 33.7 Å². The standard InChI is InChI=1S/C16H16N2O4/c1-22-11-7-5-10(6-8-11)9-18-15(16(20)21)12-3-2-4-13(19)14(12)17-18/h5-8H,2-4,9H2,1H3,(H,20,21). The van der Waals surface area contributed by atoms with Crippen molar-refractivity contribution in [3.05, 3.63) is 46.8 Å². The molecule has 2 aromatic rings. The fourth-order valence-electron chi connectivity index (χ4n) is 2.76. The molecule has 114 valence electrons. The number of carboxylic acid groups (broad SMARTS) is 1. The Kier molecular flexibility index (Phi) is 3.66. The van der Waals surface area contributed by atoms with Crippen LogP contribution in [0.25, 0.3) is 0 Å². The highest BCUT2D eigenvalue weighted by Crippen LogP contribution is 2.25. The molecule has 0 amide bonds. The zero-order valence-corrected chi connectivity index (χ0v) is 12.2. The third-order valence-electron chi connectivity index (χ3n) is 3.84. The maximum atomic E-state index is 11.9. The Labute approximate surface area is 127 Å². The number of carbonyl (C=O) groups is 2. The number of aromatic nitrogens is 2. The highest BCUT2D eigenvalue weighted by molar-refractivity contribution is 6.00. The molecule has 3 rings (SSSR count). The average Bonchev–Trinajstić information content (AvgIpc) is 2.87. The number of ether oxygens (including phenoxy) is 1. The highest BCUT2D eigenvalue weighted by Gasteiger charge is 2.29. The summed E-state index contributed by atoms with van der Waals surface area (Å²) in [7, 11) is 1.59. The Morgan fingerprint density at radius 1 is 1.32 bits per heavy atom. The molecule has 22 heavy (non-hydrogen) atoms. The molecule has 1 N–H and O–H groups in total. The lowest BCUT2D eigenvalue weighted by Gasteiger charge is -2.08. The van der Waals surface area contributed by atoms with Crippen molar-refractivity contribution in [1.82, 2.24) is 9.78 Å². The molecule has 6 heteroatoms. The van der Waals surface area contributed by atoms with Crippen LogP contribution in [-0.2, 0) is 13.0 Å². The van der Waals surface area contributed by atoms with Gasteiger partial charge in [0.2, 0.25) is 0 Å². The molecule has 1 aliphatic carbocycles. The zero-order valence-electron chi connectivity index (χ0n) is 12.2. The first-order chi connectivity index (χ1) is 10.6. The summed E-state index contributed by atoms with van der Waals surface area (Å²) in [6, 6.07) is 7.33. The van der Waals surface area contributed by atoms with Gasteiger partial charge in [-0.1, -0.05) is 12.1 Å². The molecule has 0 saturated heterocycles. The Bertz CT molecular complexity index is 731. The number of aromatic carboxylic acids is 1. The van der Waals surface area contributed by atoms with E-state index in [1.165, 1.54) is 4.68 Å². The molecule has 0 bridgehead atoms. The molecule has 6 nitrogen and oxygen atoms in total. The maximum absolute atomic E-state index is 11.9. The topological polar surface area (TPSA) is 81.4 Å². The second kappa shape index (κ2) is 5.63. The van der Waals surface area contributed by atoms with Crippen LogP contribution in [0, 0.1) is 0 Å². The van der Waals surface area contributed by atoms with Crippen LogP contribution >= 0.6 is 0 Å². The third kappa shape index (κ3) is 2.47. The Balaban J connectivity index is 1.99. The van der Waals surface area contributed by atoms with E-state index >= 15 is 0 Å². The molecular formula is C16H16N2O4. The molecule has 0 aliphatic heterocycles. The van der Waals surface area contributed by atoms with Crippen LogP contribution in [0.4, 0.5) is 0 Å². The number of rotatable bonds is 4. The van der Waals surface area contributed by atoms with Gasteiger partial charge in [0.05, 0.1) is 13.7 Å². The summed E-state index contributed by atoms with van der Waals surface area (Å²) < 4.78 is 6.52. The summed E-state index contributed by atoms with van der Waals surface area (Å²) >= 11 is 0. The van der Waals surface area contributed by atoms with Gasteiger partial charge in [-0.2, -0.15) is 5.10 Å². The van der Waals surface area contributed by atoms with Crippen molar-refractivity contribution < 1.29 is 19.4 Å².